The van der Waals surface area contributed by atoms with Crippen LogP contribution in [0.5, 0.6) is 0 Å². The molecular formula is C24H13F8N2P. The number of pyridine rings is 2. The van der Waals surface area contributed by atoms with E-state index in [0.717, 1.165) is 6.20 Å². The standard InChI is InChI=1S/C24H13F8N2P/c25-14-7-15(26)20(30)12(19(14)29)5-10-9-34-23(18-3-1-2-4-33-18)24(35)11(10)6-13-21(31)16(27)8-17(28)22(13)32/h1-4,7-9H,5-6,35H2. The highest BCUT2D eigenvalue weighted by molar-refractivity contribution is 7.28. The zero-order valence-corrected chi connectivity index (χ0v) is 18.6. The summed E-state index contributed by atoms with van der Waals surface area (Å²) in [4.78, 5) is 8.30. The monoisotopic (exact) mass is 512 g/mol. The Morgan fingerprint density at radius 1 is 0.629 bits per heavy atom. The van der Waals surface area contributed by atoms with Gasteiger partial charge in [0.15, 0.2) is 46.5 Å². The summed E-state index contributed by atoms with van der Waals surface area (Å²) >= 11 is 0. The van der Waals surface area contributed by atoms with Crippen LogP contribution >= 0.6 is 9.24 Å². The Balaban J connectivity index is 1.93. The molecule has 0 radical (unpaired) electrons. The van der Waals surface area contributed by atoms with Gasteiger partial charge in [-0.15, -0.1) is 9.24 Å². The molecule has 180 valence electrons. The number of aromatic nitrogens is 2. The summed E-state index contributed by atoms with van der Waals surface area (Å²) < 4.78 is 113. The second-order valence-electron chi connectivity index (χ2n) is 7.49. The van der Waals surface area contributed by atoms with Crippen LogP contribution in [0.1, 0.15) is 22.3 Å². The van der Waals surface area contributed by atoms with E-state index >= 15 is 0 Å². The van der Waals surface area contributed by atoms with Gasteiger partial charge < -0.3 is 0 Å². The topological polar surface area (TPSA) is 25.8 Å². The number of halogens is 8. The van der Waals surface area contributed by atoms with Crippen LogP contribution in [0.3, 0.4) is 0 Å². The minimum atomic E-state index is -1.66. The Bertz CT molecular complexity index is 1390. The summed E-state index contributed by atoms with van der Waals surface area (Å²) in [6.07, 6.45) is 0.972. The van der Waals surface area contributed by atoms with Gasteiger partial charge in [0.05, 0.1) is 11.4 Å². The van der Waals surface area contributed by atoms with E-state index in [1.165, 1.54) is 6.20 Å². The lowest BCUT2D eigenvalue weighted by Crippen LogP contribution is -2.16. The molecule has 0 aliphatic rings. The summed E-state index contributed by atoms with van der Waals surface area (Å²) in [7, 11) is 2.24. The minimum absolute atomic E-state index is 0.0406. The molecular weight excluding hydrogens is 499 g/mol. The Labute approximate surface area is 195 Å². The van der Waals surface area contributed by atoms with Crippen LogP contribution in [0.4, 0.5) is 35.1 Å². The Hall–Kier alpha value is -3.39. The molecule has 0 N–H and O–H groups in total. The minimum Gasteiger partial charge on any atom is -0.255 e. The summed E-state index contributed by atoms with van der Waals surface area (Å²) in [6.45, 7) is 0. The summed E-state index contributed by atoms with van der Waals surface area (Å²) in [6, 6.07) is 4.89. The third-order valence-corrected chi connectivity index (χ3v) is 5.97. The summed E-state index contributed by atoms with van der Waals surface area (Å²) in [5.74, 6) is -13.2. The Kier molecular flexibility index (Phi) is 6.85. The maximum Gasteiger partial charge on any atom is 0.165 e. The quantitative estimate of drug-likeness (QED) is 0.188. The molecule has 0 spiro atoms. The highest BCUT2D eigenvalue weighted by atomic mass is 31.0. The first kappa shape index (κ1) is 24.7. The molecule has 0 bridgehead atoms. The van der Waals surface area contributed by atoms with Crippen LogP contribution < -0.4 is 5.30 Å². The largest absolute Gasteiger partial charge is 0.255 e. The van der Waals surface area contributed by atoms with E-state index in [4.69, 9.17) is 0 Å². The van der Waals surface area contributed by atoms with Crippen LogP contribution in [0, 0.1) is 46.5 Å². The molecule has 2 aromatic carbocycles. The van der Waals surface area contributed by atoms with Gasteiger partial charge in [-0.1, -0.05) is 6.07 Å². The van der Waals surface area contributed by atoms with Crippen molar-refractivity contribution in [2.24, 2.45) is 0 Å². The van der Waals surface area contributed by atoms with Crippen LogP contribution in [-0.2, 0) is 12.8 Å². The van der Waals surface area contributed by atoms with Crippen molar-refractivity contribution >= 4 is 14.5 Å². The van der Waals surface area contributed by atoms with Gasteiger partial charge >= 0.3 is 0 Å². The first-order valence-electron chi connectivity index (χ1n) is 9.91. The van der Waals surface area contributed by atoms with Crippen molar-refractivity contribution < 1.29 is 35.1 Å². The molecule has 0 saturated heterocycles. The molecule has 2 nitrogen and oxygen atoms in total. The fourth-order valence-corrected chi connectivity index (χ4v) is 4.11. The zero-order valence-electron chi connectivity index (χ0n) is 17.5. The van der Waals surface area contributed by atoms with Crippen LogP contribution in [0.15, 0.2) is 42.7 Å². The smallest absolute Gasteiger partial charge is 0.165 e. The van der Waals surface area contributed by atoms with Gasteiger partial charge in [-0.3, -0.25) is 9.97 Å². The van der Waals surface area contributed by atoms with E-state index in [9.17, 15) is 35.1 Å². The highest BCUT2D eigenvalue weighted by Crippen LogP contribution is 2.29. The second kappa shape index (κ2) is 9.70. The molecule has 35 heavy (non-hydrogen) atoms. The molecule has 11 heteroatoms. The van der Waals surface area contributed by atoms with E-state index in [0.29, 0.717) is 5.69 Å². The van der Waals surface area contributed by atoms with Crippen molar-refractivity contribution in [3.63, 3.8) is 0 Å². The van der Waals surface area contributed by atoms with Crippen molar-refractivity contribution in [2.45, 2.75) is 12.8 Å². The lowest BCUT2D eigenvalue weighted by atomic mass is 9.94. The van der Waals surface area contributed by atoms with Gasteiger partial charge in [0.1, 0.15) is 0 Å². The molecule has 4 aromatic rings. The van der Waals surface area contributed by atoms with Gasteiger partial charge in [-0.25, -0.2) is 35.1 Å². The molecule has 0 aliphatic heterocycles. The van der Waals surface area contributed by atoms with Crippen molar-refractivity contribution in [2.75, 3.05) is 0 Å². The molecule has 4 rings (SSSR count). The Morgan fingerprint density at radius 3 is 1.63 bits per heavy atom. The van der Waals surface area contributed by atoms with Crippen molar-refractivity contribution in [1.29, 1.82) is 0 Å². The maximum atomic E-state index is 14.4. The van der Waals surface area contributed by atoms with Crippen molar-refractivity contribution in [3.8, 4) is 11.4 Å². The molecule has 2 heterocycles. The highest BCUT2D eigenvalue weighted by Gasteiger charge is 2.25. The Morgan fingerprint density at radius 2 is 1.14 bits per heavy atom. The van der Waals surface area contributed by atoms with Crippen LogP contribution in [0.2, 0.25) is 0 Å². The maximum absolute atomic E-state index is 14.4. The van der Waals surface area contributed by atoms with Gasteiger partial charge in [-0.2, -0.15) is 0 Å². The number of benzene rings is 2. The predicted octanol–water partition coefficient (Wildman–Crippen LogP) is 5.94. The first-order chi connectivity index (χ1) is 16.6. The third-order valence-electron chi connectivity index (χ3n) is 5.35. The van der Waals surface area contributed by atoms with E-state index in [1.54, 1.807) is 18.2 Å². The average Bonchev–Trinajstić information content (AvgIpc) is 2.84. The number of nitrogens with zero attached hydrogens (tertiary/aromatic N) is 2. The van der Waals surface area contributed by atoms with Crippen LogP contribution in [0.25, 0.3) is 11.4 Å². The van der Waals surface area contributed by atoms with Crippen molar-refractivity contribution in [3.05, 3.63) is 112 Å². The van der Waals surface area contributed by atoms with E-state index in [1.807, 2.05) is 0 Å². The van der Waals surface area contributed by atoms with E-state index in [-0.39, 0.29) is 34.3 Å². The molecule has 0 fully saturated rings. The summed E-state index contributed by atoms with van der Waals surface area (Å²) in [5, 5.41) is 0.141. The molecule has 0 amide bonds. The van der Waals surface area contributed by atoms with Gasteiger partial charge in [0.25, 0.3) is 0 Å². The lowest BCUT2D eigenvalue weighted by molar-refractivity contribution is 0.440. The van der Waals surface area contributed by atoms with E-state index in [2.05, 4.69) is 19.2 Å². The first-order valence-corrected chi connectivity index (χ1v) is 10.5. The average molecular weight is 512 g/mol. The summed E-state index contributed by atoms with van der Waals surface area (Å²) in [5.41, 5.74) is -1.63. The van der Waals surface area contributed by atoms with Gasteiger partial charge in [-0.05, 0) is 23.3 Å². The second-order valence-corrected chi connectivity index (χ2v) is 8.06. The number of hydrogen-bond acceptors (Lipinski definition) is 2. The number of hydrogen-bond donors (Lipinski definition) is 0. The molecule has 0 saturated carbocycles. The fraction of sp³-hybridized carbons (Fsp3) is 0.0833. The third kappa shape index (κ3) is 4.62. The molecule has 2 aromatic heterocycles. The van der Waals surface area contributed by atoms with Crippen molar-refractivity contribution in [1.82, 2.24) is 9.97 Å². The molecule has 1 atom stereocenters. The number of rotatable bonds is 5. The van der Waals surface area contributed by atoms with Crippen LogP contribution in [-0.4, -0.2) is 9.97 Å². The normalized spacial score (nSPS) is 11.2. The predicted molar refractivity (Wildman–Crippen MR) is 115 cm³/mol. The van der Waals surface area contributed by atoms with E-state index < -0.39 is 70.5 Å². The zero-order chi connectivity index (χ0) is 25.4. The molecule has 1 unspecified atom stereocenters. The lowest BCUT2D eigenvalue weighted by Gasteiger charge is -2.17. The molecule has 0 aliphatic carbocycles. The fourth-order valence-electron chi connectivity index (χ4n) is 3.60. The van der Waals surface area contributed by atoms with Gasteiger partial charge in [0.2, 0.25) is 0 Å². The van der Waals surface area contributed by atoms with Gasteiger partial charge in [0, 0.05) is 53.8 Å². The SMILES string of the molecule is Fc1cc(F)c(F)c(Cc2cnc(-c3ccccn3)c(P)c2Cc2c(F)c(F)cc(F)c2F)c1F.